The molecular formula is C54H64N4. The molecule has 1 unspecified atom stereocenters. The van der Waals surface area contributed by atoms with Gasteiger partial charge in [-0.05, 0) is 116 Å². The van der Waals surface area contributed by atoms with E-state index in [1.807, 2.05) is 0 Å². The zero-order valence-electron chi connectivity index (χ0n) is 38.1. The number of fused-ring (bicyclic) bond motifs is 6. The van der Waals surface area contributed by atoms with E-state index in [0.29, 0.717) is 17.0 Å². The quantitative estimate of drug-likeness (QED) is 0.179. The summed E-state index contributed by atoms with van der Waals surface area (Å²) < 4.78 is 4.77. The number of nitriles is 2. The second kappa shape index (κ2) is 13.8. The normalized spacial score (nSPS) is 15.2. The minimum atomic E-state index is -0.0814. The molecule has 0 N–H and O–H groups in total. The Bertz CT molecular complexity index is 2680. The maximum atomic E-state index is 11.4. The summed E-state index contributed by atoms with van der Waals surface area (Å²) in [5, 5.41) is 26.5. The third kappa shape index (κ3) is 6.58. The molecule has 2 heterocycles. The monoisotopic (exact) mass is 769 g/mol. The van der Waals surface area contributed by atoms with E-state index < -0.39 is 0 Å². The summed E-state index contributed by atoms with van der Waals surface area (Å²) >= 11 is 0. The number of rotatable bonds is 4. The average molecular weight is 769 g/mol. The molecule has 1 aliphatic rings. The largest absolute Gasteiger partial charge is 0.308 e. The van der Waals surface area contributed by atoms with E-state index in [2.05, 4.69) is 199 Å². The molecule has 1 aliphatic carbocycles. The standard InChI is InChI=1S/C54H64N4/c1-31(2)47-41(29-55)49(57-43-21-17-33(51(5,6)7)25-37(43)38-26-34(52(8,9)10)18-22-44(38)57)48(32(3)4)50(42(47)30-56)58-45-23-19-35(53(11,12)13)27-39(45)40-28-36(54(14,15)16)20-24-46(40)58/h17-27,31-32,36H,28H2,1-16H3. The van der Waals surface area contributed by atoms with Crippen LogP contribution in [0.2, 0.25) is 0 Å². The van der Waals surface area contributed by atoms with Crippen LogP contribution in [0.5, 0.6) is 0 Å². The van der Waals surface area contributed by atoms with Crippen molar-refractivity contribution in [1.82, 2.24) is 9.13 Å². The fourth-order valence-corrected chi connectivity index (χ4v) is 9.34. The highest BCUT2D eigenvalue weighted by Crippen LogP contribution is 2.48. The van der Waals surface area contributed by atoms with Crippen LogP contribution < -0.4 is 0 Å². The van der Waals surface area contributed by atoms with E-state index in [9.17, 15) is 10.5 Å². The Balaban J connectivity index is 1.73. The highest BCUT2D eigenvalue weighted by Gasteiger charge is 2.35. The van der Waals surface area contributed by atoms with E-state index in [4.69, 9.17) is 0 Å². The minimum absolute atomic E-state index is 0.0271. The Morgan fingerprint density at radius 2 is 0.948 bits per heavy atom. The average Bonchev–Trinajstić information content (AvgIpc) is 3.63. The van der Waals surface area contributed by atoms with E-state index in [1.165, 1.54) is 38.4 Å². The molecule has 0 saturated heterocycles. The van der Waals surface area contributed by atoms with Gasteiger partial charge in [-0.3, -0.25) is 0 Å². The number of aromatic nitrogens is 2. The van der Waals surface area contributed by atoms with E-state index in [0.717, 1.165) is 51.2 Å². The summed E-state index contributed by atoms with van der Waals surface area (Å²) in [6, 6.07) is 26.2. The summed E-state index contributed by atoms with van der Waals surface area (Å²) in [5.41, 5.74) is 14.3. The fraction of sp³-hybridized carbons (Fsp3) is 0.444. The molecule has 0 radical (unpaired) electrons. The molecule has 300 valence electrons. The van der Waals surface area contributed by atoms with Gasteiger partial charge in [-0.1, -0.05) is 135 Å². The highest BCUT2D eigenvalue weighted by molar-refractivity contribution is 6.10. The summed E-state index contributed by atoms with van der Waals surface area (Å²) in [6.07, 6.45) is 5.64. The fourth-order valence-electron chi connectivity index (χ4n) is 9.34. The minimum Gasteiger partial charge on any atom is -0.308 e. The highest BCUT2D eigenvalue weighted by atomic mass is 15.0. The smallest absolute Gasteiger partial charge is 0.102 e. The van der Waals surface area contributed by atoms with Crippen molar-refractivity contribution in [3.05, 3.63) is 111 Å². The van der Waals surface area contributed by atoms with Gasteiger partial charge >= 0.3 is 0 Å². The van der Waals surface area contributed by atoms with Crippen LogP contribution in [0.4, 0.5) is 0 Å². The van der Waals surface area contributed by atoms with Crippen molar-refractivity contribution in [2.45, 2.75) is 145 Å². The summed E-state index contributed by atoms with van der Waals surface area (Å²) in [4.78, 5) is 0. The number of nitrogens with zero attached hydrogens (tertiary/aromatic N) is 4. The molecule has 58 heavy (non-hydrogen) atoms. The lowest BCUT2D eigenvalue weighted by molar-refractivity contribution is 0.291. The molecule has 4 nitrogen and oxygen atoms in total. The first kappa shape index (κ1) is 41.1. The van der Waals surface area contributed by atoms with Crippen LogP contribution in [0.1, 0.15) is 173 Å². The summed E-state index contributed by atoms with van der Waals surface area (Å²) in [6.45, 7) is 36.2. The first-order chi connectivity index (χ1) is 26.9. The molecule has 4 aromatic carbocycles. The topological polar surface area (TPSA) is 57.4 Å². The van der Waals surface area contributed by atoms with E-state index in [1.54, 1.807) is 0 Å². The number of hydrogen-bond donors (Lipinski definition) is 0. The Kier molecular flexibility index (Phi) is 9.76. The summed E-state index contributed by atoms with van der Waals surface area (Å²) in [7, 11) is 0. The van der Waals surface area contributed by atoms with Crippen LogP contribution in [-0.2, 0) is 22.7 Å². The van der Waals surface area contributed by atoms with Gasteiger partial charge in [0.05, 0.1) is 39.1 Å². The van der Waals surface area contributed by atoms with Crippen molar-refractivity contribution >= 4 is 38.8 Å². The van der Waals surface area contributed by atoms with Crippen molar-refractivity contribution in [2.24, 2.45) is 11.3 Å². The van der Waals surface area contributed by atoms with Gasteiger partial charge in [0.2, 0.25) is 0 Å². The molecule has 7 rings (SSSR count). The van der Waals surface area contributed by atoms with Crippen molar-refractivity contribution in [1.29, 1.82) is 10.5 Å². The van der Waals surface area contributed by atoms with Gasteiger partial charge < -0.3 is 9.13 Å². The summed E-state index contributed by atoms with van der Waals surface area (Å²) in [5.74, 6) is 0.258. The molecule has 0 saturated carbocycles. The van der Waals surface area contributed by atoms with Crippen LogP contribution in [0.15, 0.2) is 60.7 Å². The Hall–Kier alpha value is -5.06. The lowest BCUT2D eigenvalue weighted by Crippen LogP contribution is -2.23. The molecule has 0 amide bonds. The first-order valence-corrected chi connectivity index (χ1v) is 21.4. The van der Waals surface area contributed by atoms with Crippen LogP contribution in [0.25, 0.3) is 50.2 Å². The number of benzene rings is 4. The van der Waals surface area contributed by atoms with Gasteiger partial charge in [-0.25, -0.2) is 0 Å². The lowest BCUT2D eigenvalue weighted by Gasteiger charge is -2.31. The Morgan fingerprint density at radius 3 is 1.33 bits per heavy atom. The third-order valence-electron chi connectivity index (χ3n) is 12.8. The van der Waals surface area contributed by atoms with E-state index >= 15 is 0 Å². The Labute approximate surface area is 348 Å². The van der Waals surface area contributed by atoms with Crippen LogP contribution in [-0.4, -0.2) is 9.13 Å². The second-order valence-electron chi connectivity index (χ2n) is 21.8. The third-order valence-corrected chi connectivity index (χ3v) is 12.8. The van der Waals surface area contributed by atoms with Gasteiger partial charge in [-0.2, -0.15) is 10.5 Å². The molecular weight excluding hydrogens is 705 g/mol. The zero-order chi connectivity index (χ0) is 42.6. The molecule has 0 fully saturated rings. The first-order valence-electron chi connectivity index (χ1n) is 21.4. The van der Waals surface area contributed by atoms with Gasteiger partial charge in [-0.15, -0.1) is 0 Å². The molecule has 4 heteroatoms. The maximum absolute atomic E-state index is 11.4. The zero-order valence-corrected chi connectivity index (χ0v) is 38.1. The van der Waals surface area contributed by atoms with Crippen molar-refractivity contribution < 1.29 is 0 Å². The van der Waals surface area contributed by atoms with Crippen LogP contribution in [0, 0.1) is 34.0 Å². The number of allylic oxidation sites excluding steroid dienone is 1. The predicted molar refractivity (Wildman–Crippen MR) is 247 cm³/mol. The maximum Gasteiger partial charge on any atom is 0.102 e. The van der Waals surface area contributed by atoms with Crippen molar-refractivity contribution in [2.75, 3.05) is 0 Å². The van der Waals surface area contributed by atoms with E-state index in [-0.39, 0.29) is 33.5 Å². The molecule has 0 aliphatic heterocycles. The molecule has 0 bridgehead atoms. The van der Waals surface area contributed by atoms with Gasteiger partial charge in [0, 0.05) is 27.4 Å². The van der Waals surface area contributed by atoms with Gasteiger partial charge in [0.1, 0.15) is 12.1 Å². The van der Waals surface area contributed by atoms with Gasteiger partial charge in [0.25, 0.3) is 0 Å². The predicted octanol–water partition coefficient (Wildman–Crippen LogP) is 14.8. The second-order valence-corrected chi connectivity index (χ2v) is 21.8. The number of hydrogen-bond acceptors (Lipinski definition) is 2. The van der Waals surface area contributed by atoms with Crippen LogP contribution in [0.3, 0.4) is 0 Å². The van der Waals surface area contributed by atoms with Gasteiger partial charge in [0.15, 0.2) is 0 Å². The van der Waals surface area contributed by atoms with Crippen LogP contribution >= 0.6 is 0 Å². The lowest BCUT2D eigenvalue weighted by atomic mass is 9.74. The molecule has 0 spiro atoms. The Morgan fingerprint density at radius 1 is 0.552 bits per heavy atom. The van der Waals surface area contributed by atoms with Crippen molar-refractivity contribution in [3.8, 4) is 23.5 Å². The van der Waals surface area contributed by atoms with Crippen molar-refractivity contribution in [3.63, 3.8) is 0 Å². The molecule has 1 atom stereocenters. The SMILES string of the molecule is CC(C)c1c(C#N)c(-n2c3c(c4cc(C(C)(C)C)ccc42)CC(C(C)(C)C)C=C3)c(C(C)C)c(-n2c3ccc(C(C)(C)C)cc3c3cc(C(C)(C)C)ccc32)c1C#N. The molecule has 6 aromatic rings. The molecule has 2 aromatic heterocycles.